The van der Waals surface area contributed by atoms with Crippen molar-refractivity contribution in [2.45, 2.75) is 105 Å². The van der Waals surface area contributed by atoms with E-state index in [9.17, 15) is 0 Å². The zero-order valence-electron chi connectivity index (χ0n) is 49.2. The van der Waals surface area contributed by atoms with E-state index in [0.29, 0.717) is 11.5 Å². The number of ether oxygens (including phenoxy) is 1. The third kappa shape index (κ3) is 10.7. The van der Waals surface area contributed by atoms with Crippen molar-refractivity contribution >= 4 is 44.6 Å². The number of aromatic nitrogens is 2. The van der Waals surface area contributed by atoms with Crippen LogP contribution in [0.25, 0.3) is 72.1 Å². The van der Waals surface area contributed by atoms with Crippen molar-refractivity contribution in [3.63, 3.8) is 0 Å². The Balaban J connectivity index is 0.00000705. The second-order valence-electron chi connectivity index (χ2n) is 25.9. The van der Waals surface area contributed by atoms with Gasteiger partial charge in [-0.25, -0.2) is 4.98 Å². The van der Waals surface area contributed by atoms with Crippen LogP contribution in [-0.2, 0) is 42.7 Å². The molecule has 2 aromatic heterocycles. The average molecular weight is 1250 g/mol. The quantitative estimate of drug-likeness (QED) is 0.135. The Labute approximate surface area is 500 Å². The molecule has 12 rings (SSSR count). The monoisotopic (exact) mass is 1250 g/mol. The standard InChI is InChI=1S/C76H71N4O.Pt/c1-73(2,3)55-35-31-51(32-36-55)61-27-20-28-62(54-24-18-23-53(43-54)50-21-14-13-15-22-50)72(61)79-49-78(68-29-16-17-30-69(68)79)58-25-19-26-59(45-58)81-60-40-41-63-64-44-57(75(7,8)9)39-42-67(64)80(70(63)46-60)71-47-66(76(10,11)12)65(48-77-71)52-33-37-56(38-34-52)74(4,5)6;/h13-44,47-49H,1-12H3;/q-3;. The first kappa shape index (κ1) is 55.9. The third-order valence-corrected chi connectivity index (χ3v) is 16.0. The molecule has 0 bridgehead atoms. The number of anilines is 4. The predicted molar refractivity (Wildman–Crippen MR) is 341 cm³/mol. The molecule has 3 heterocycles. The molecule has 0 spiro atoms. The maximum atomic E-state index is 6.88. The van der Waals surface area contributed by atoms with Gasteiger partial charge in [-0.3, -0.25) is 0 Å². The van der Waals surface area contributed by atoms with Gasteiger partial charge in [-0.2, -0.15) is 12.1 Å². The van der Waals surface area contributed by atoms with Gasteiger partial charge in [0.25, 0.3) is 0 Å². The van der Waals surface area contributed by atoms with E-state index < -0.39 is 0 Å². The van der Waals surface area contributed by atoms with Crippen LogP contribution in [0.15, 0.2) is 206 Å². The fourth-order valence-electron chi connectivity index (χ4n) is 11.4. The summed E-state index contributed by atoms with van der Waals surface area (Å²) in [5.41, 5.74) is 20.2. The number of para-hydroxylation sites is 3. The van der Waals surface area contributed by atoms with Gasteiger partial charge in [0.1, 0.15) is 5.82 Å². The number of hydrogen-bond donors (Lipinski definition) is 0. The fraction of sp³-hybridized carbons (Fsp3) is 0.211. The molecule has 1 aliphatic heterocycles. The van der Waals surface area contributed by atoms with E-state index >= 15 is 0 Å². The molecule has 11 aromatic rings. The van der Waals surface area contributed by atoms with Crippen molar-refractivity contribution < 1.29 is 25.8 Å². The maximum absolute atomic E-state index is 6.88. The van der Waals surface area contributed by atoms with E-state index in [1.54, 1.807) is 0 Å². The summed E-state index contributed by atoms with van der Waals surface area (Å²) in [5.74, 6) is 2.01. The summed E-state index contributed by atoms with van der Waals surface area (Å²) in [7, 11) is 0. The molecule has 82 heavy (non-hydrogen) atoms. The molecule has 9 aromatic carbocycles. The summed E-state index contributed by atoms with van der Waals surface area (Å²) in [6.45, 7) is 29.5. The van der Waals surface area contributed by atoms with Gasteiger partial charge < -0.3 is 19.1 Å². The van der Waals surface area contributed by atoms with Crippen molar-refractivity contribution in [1.82, 2.24) is 9.55 Å². The van der Waals surface area contributed by atoms with E-state index in [1.165, 1.54) is 33.4 Å². The molecule has 6 heteroatoms. The Bertz CT molecular complexity index is 4150. The minimum Gasteiger partial charge on any atom is -0.509 e. The molecule has 0 saturated heterocycles. The molecule has 0 atom stereocenters. The predicted octanol–water partition coefficient (Wildman–Crippen LogP) is 20.8. The van der Waals surface area contributed by atoms with Crippen LogP contribution in [0.5, 0.6) is 11.5 Å². The summed E-state index contributed by atoms with van der Waals surface area (Å²) < 4.78 is 9.14. The van der Waals surface area contributed by atoms with Crippen molar-refractivity contribution in [2.75, 3.05) is 9.80 Å². The van der Waals surface area contributed by atoms with Crippen LogP contribution < -0.4 is 14.5 Å². The van der Waals surface area contributed by atoms with Gasteiger partial charge in [0.15, 0.2) is 0 Å². The number of rotatable bonds is 9. The molecule has 0 saturated carbocycles. The maximum Gasteiger partial charge on any atom is 0.135 e. The van der Waals surface area contributed by atoms with E-state index in [-0.39, 0.29) is 42.7 Å². The molecule has 414 valence electrons. The Morgan fingerprint density at radius 1 is 0.415 bits per heavy atom. The summed E-state index contributed by atoms with van der Waals surface area (Å²) >= 11 is 0. The van der Waals surface area contributed by atoms with Gasteiger partial charge in [-0.1, -0.05) is 228 Å². The Kier molecular flexibility index (Phi) is 14.6. The molecular weight excluding hydrogens is 1180 g/mol. The summed E-state index contributed by atoms with van der Waals surface area (Å²) in [4.78, 5) is 9.87. The van der Waals surface area contributed by atoms with Crippen molar-refractivity contribution in [3.8, 4) is 61.8 Å². The fourth-order valence-corrected chi connectivity index (χ4v) is 11.4. The Morgan fingerprint density at radius 2 is 0.963 bits per heavy atom. The summed E-state index contributed by atoms with van der Waals surface area (Å²) in [6, 6.07) is 79.9. The van der Waals surface area contributed by atoms with E-state index in [1.807, 2.05) is 18.2 Å². The zero-order chi connectivity index (χ0) is 56.6. The number of fused-ring (bicyclic) bond motifs is 4. The van der Waals surface area contributed by atoms with Crippen LogP contribution in [0.2, 0.25) is 0 Å². The second kappa shape index (κ2) is 21.4. The minimum absolute atomic E-state index is 0. The third-order valence-electron chi connectivity index (χ3n) is 16.0. The van der Waals surface area contributed by atoms with E-state index in [0.717, 1.165) is 83.8 Å². The number of pyridine rings is 1. The van der Waals surface area contributed by atoms with Gasteiger partial charge in [-0.15, -0.1) is 48.1 Å². The van der Waals surface area contributed by atoms with Crippen LogP contribution >= 0.6 is 0 Å². The van der Waals surface area contributed by atoms with Crippen molar-refractivity contribution in [2.24, 2.45) is 0 Å². The van der Waals surface area contributed by atoms with Gasteiger partial charge in [0.2, 0.25) is 0 Å². The first-order valence-electron chi connectivity index (χ1n) is 28.4. The van der Waals surface area contributed by atoms with E-state index in [4.69, 9.17) is 9.72 Å². The minimum atomic E-state index is -0.171. The number of nitrogens with zero attached hydrogens (tertiary/aromatic N) is 4. The van der Waals surface area contributed by atoms with Gasteiger partial charge in [0.05, 0.1) is 0 Å². The molecule has 0 amide bonds. The normalized spacial score (nSPS) is 12.9. The molecule has 0 N–H and O–H groups in total. The largest absolute Gasteiger partial charge is 0.509 e. The molecule has 0 radical (unpaired) electrons. The SMILES string of the molecule is CC(C)(C)c1ccc(-c2cnc(-n3c4[c-]c(Oc5[c-]c(N6[CH-]N(c7c(-c8ccc(C(C)(C)C)cc8)cccc7-c7cccc(-c8ccccc8)c7)c7ccccc76)ccc5)ccc4c4cc(C(C)(C)C)ccc43)cc2C(C)(C)C)cc1.[Pt]. The van der Waals surface area contributed by atoms with Crippen LogP contribution in [-0.4, -0.2) is 9.55 Å². The van der Waals surface area contributed by atoms with Crippen LogP contribution in [0.1, 0.15) is 105 Å². The van der Waals surface area contributed by atoms with Crippen LogP contribution in [0, 0.1) is 18.8 Å². The first-order chi connectivity index (χ1) is 38.7. The van der Waals surface area contributed by atoms with Crippen molar-refractivity contribution in [1.29, 1.82) is 0 Å². The second-order valence-corrected chi connectivity index (χ2v) is 25.9. The molecule has 0 fully saturated rings. The summed E-state index contributed by atoms with van der Waals surface area (Å²) in [5, 5.41) is 2.24. The zero-order valence-corrected chi connectivity index (χ0v) is 51.5. The first-order valence-corrected chi connectivity index (χ1v) is 28.4. The Hall–Kier alpha value is -7.98. The van der Waals surface area contributed by atoms with Gasteiger partial charge in [0, 0.05) is 78.0 Å². The van der Waals surface area contributed by atoms with Crippen LogP contribution in [0.3, 0.4) is 0 Å². The molecule has 5 nitrogen and oxygen atoms in total. The molecule has 0 aliphatic carbocycles. The van der Waals surface area contributed by atoms with E-state index in [2.05, 4.69) is 304 Å². The number of hydrogen-bond acceptors (Lipinski definition) is 4. The molecular formula is C76H71N4OPt-3. The van der Waals surface area contributed by atoms with Gasteiger partial charge >= 0.3 is 0 Å². The van der Waals surface area contributed by atoms with Gasteiger partial charge in [-0.05, 0) is 107 Å². The summed E-state index contributed by atoms with van der Waals surface area (Å²) in [6.07, 6.45) is 2.06. The molecule has 0 unspecified atom stereocenters. The topological polar surface area (TPSA) is 33.5 Å². The van der Waals surface area contributed by atoms with Crippen molar-refractivity contribution in [3.05, 3.63) is 247 Å². The number of benzene rings is 9. The molecule has 1 aliphatic rings. The Morgan fingerprint density at radius 3 is 1.61 bits per heavy atom. The average Bonchev–Trinajstić information content (AvgIpc) is 3.87. The smallest absolute Gasteiger partial charge is 0.135 e. The van der Waals surface area contributed by atoms with Crippen LogP contribution in [0.4, 0.5) is 22.7 Å².